The Morgan fingerprint density at radius 1 is 1.21 bits per heavy atom. The molecular formula is C15H16O3S. The quantitative estimate of drug-likeness (QED) is 0.909. The molecule has 1 aromatic carbocycles. The first-order valence-electron chi connectivity index (χ1n) is 5.96. The summed E-state index contributed by atoms with van der Waals surface area (Å²) in [4.78, 5) is 11.8. The van der Waals surface area contributed by atoms with Crippen molar-refractivity contribution in [2.75, 3.05) is 0 Å². The number of thiophene rings is 1. The van der Waals surface area contributed by atoms with E-state index in [0.29, 0.717) is 5.56 Å². The third-order valence-electron chi connectivity index (χ3n) is 2.41. The second-order valence-corrected chi connectivity index (χ2v) is 6.15. The molecule has 0 aliphatic heterocycles. The first-order chi connectivity index (χ1) is 8.85. The second-order valence-electron chi connectivity index (χ2n) is 5.24. The van der Waals surface area contributed by atoms with Crippen LogP contribution in [0.15, 0.2) is 35.7 Å². The molecule has 0 amide bonds. The van der Waals surface area contributed by atoms with Gasteiger partial charge in [0.2, 0.25) is 0 Å². The molecule has 0 radical (unpaired) electrons. The summed E-state index contributed by atoms with van der Waals surface area (Å²) in [6.45, 7) is 6.00. The van der Waals surface area contributed by atoms with Crippen molar-refractivity contribution >= 4 is 17.3 Å². The molecule has 0 fully saturated rings. The zero-order valence-corrected chi connectivity index (χ0v) is 12.0. The molecule has 1 heterocycles. The van der Waals surface area contributed by atoms with Crippen LogP contribution in [0.1, 0.15) is 31.1 Å². The smallest absolute Gasteiger partial charge is 0.336 e. The van der Waals surface area contributed by atoms with Crippen molar-refractivity contribution < 1.29 is 14.6 Å². The van der Waals surface area contributed by atoms with Crippen molar-refractivity contribution in [1.29, 1.82) is 0 Å². The molecule has 1 N–H and O–H groups in total. The molecule has 0 saturated carbocycles. The lowest BCUT2D eigenvalue weighted by Crippen LogP contribution is -2.22. The lowest BCUT2D eigenvalue weighted by atomic mass is 10.1. The van der Waals surface area contributed by atoms with Crippen LogP contribution < -0.4 is 4.74 Å². The molecule has 3 nitrogen and oxygen atoms in total. The van der Waals surface area contributed by atoms with Crippen LogP contribution in [0.4, 0.5) is 0 Å². The highest BCUT2D eigenvalue weighted by Gasteiger charge is 2.12. The number of hydrogen-bond acceptors (Lipinski definition) is 3. The minimum atomic E-state index is -0.893. The summed E-state index contributed by atoms with van der Waals surface area (Å²) in [5.41, 5.74) is 1.11. The number of ether oxygens (including phenoxy) is 1. The number of carboxylic acids is 1. The molecule has 4 heteroatoms. The SMILES string of the molecule is CC(C)(C)Oc1ccc(-c2cc(C(=O)O)cs2)cc1. The van der Waals surface area contributed by atoms with E-state index < -0.39 is 5.97 Å². The fourth-order valence-electron chi connectivity index (χ4n) is 1.64. The summed E-state index contributed by atoms with van der Waals surface area (Å²) in [6, 6.07) is 9.38. The van der Waals surface area contributed by atoms with Crippen LogP contribution in [0.25, 0.3) is 10.4 Å². The summed E-state index contributed by atoms with van der Waals surface area (Å²) >= 11 is 1.43. The van der Waals surface area contributed by atoms with E-state index in [1.165, 1.54) is 11.3 Å². The summed E-state index contributed by atoms with van der Waals surface area (Å²) in [7, 11) is 0. The predicted molar refractivity (Wildman–Crippen MR) is 77.1 cm³/mol. The average molecular weight is 276 g/mol. The van der Waals surface area contributed by atoms with E-state index in [0.717, 1.165) is 16.2 Å². The van der Waals surface area contributed by atoms with Gasteiger partial charge in [0.25, 0.3) is 0 Å². The van der Waals surface area contributed by atoms with Crippen molar-refractivity contribution in [3.05, 3.63) is 41.3 Å². The largest absolute Gasteiger partial charge is 0.488 e. The maximum absolute atomic E-state index is 10.8. The summed E-state index contributed by atoms with van der Waals surface area (Å²) in [5, 5.41) is 10.6. The summed E-state index contributed by atoms with van der Waals surface area (Å²) in [6.07, 6.45) is 0. The van der Waals surface area contributed by atoms with Gasteiger partial charge in [-0.3, -0.25) is 0 Å². The Morgan fingerprint density at radius 2 is 1.84 bits per heavy atom. The van der Waals surface area contributed by atoms with Crippen molar-refractivity contribution in [3.63, 3.8) is 0 Å². The molecular weight excluding hydrogens is 260 g/mol. The number of benzene rings is 1. The van der Waals surface area contributed by atoms with E-state index in [2.05, 4.69) is 0 Å². The van der Waals surface area contributed by atoms with Gasteiger partial charge in [0, 0.05) is 10.3 Å². The monoisotopic (exact) mass is 276 g/mol. The predicted octanol–water partition coefficient (Wildman–Crippen LogP) is 4.29. The van der Waals surface area contributed by atoms with E-state index in [4.69, 9.17) is 9.84 Å². The van der Waals surface area contributed by atoms with Crippen LogP contribution in [-0.2, 0) is 0 Å². The van der Waals surface area contributed by atoms with Gasteiger partial charge in [-0.2, -0.15) is 0 Å². The number of aromatic carboxylic acids is 1. The Kier molecular flexibility index (Phi) is 3.62. The lowest BCUT2D eigenvalue weighted by molar-refractivity contribution is 0.0697. The highest BCUT2D eigenvalue weighted by atomic mass is 32.1. The van der Waals surface area contributed by atoms with Crippen molar-refractivity contribution in [3.8, 4) is 16.2 Å². The van der Waals surface area contributed by atoms with Gasteiger partial charge in [0.05, 0.1) is 5.56 Å². The van der Waals surface area contributed by atoms with Crippen LogP contribution in [0.5, 0.6) is 5.75 Å². The molecule has 0 bridgehead atoms. The normalized spacial score (nSPS) is 11.3. The highest BCUT2D eigenvalue weighted by molar-refractivity contribution is 7.13. The zero-order valence-electron chi connectivity index (χ0n) is 11.1. The lowest BCUT2D eigenvalue weighted by Gasteiger charge is -2.21. The molecule has 0 saturated heterocycles. The van der Waals surface area contributed by atoms with E-state index in [-0.39, 0.29) is 5.60 Å². The van der Waals surface area contributed by atoms with Crippen LogP contribution in [0.3, 0.4) is 0 Å². The Morgan fingerprint density at radius 3 is 2.32 bits per heavy atom. The van der Waals surface area contributed by atoms with Gasteiger partial charge in [-0.1, -0.05) is 0 Å². The minimum absolute atomic E-state index is 0.221. The van der Waals surface area contributed by atoms with E-state index in [1.807, 2.05) is 45.0 Å². The third-order valence-corrected chi connectivity index (χ3v) is 3.39. The standard InChI is InChI=1S/C15H16O3S/c1-15(2,3)18-12-6-4-10(5-7-12)13-8-11(9-19-13)14(16)17/h4-9H,1-3H3,(H,16,17). The van der Waals surface area contributed by atoms with Gasteiger partial charge >= 0.3 is 5.97 Å². The molecule has 2 rings (SSSR count). The number of carbonyl (C=O) groups is 1. The Hall–Kier alpha value is -1.81. The molecule has 2 aromatic rings. The Bertz CT molecular complexity index is 576. The van der Waals surface area contributed by atoms with Crippen LogP contribution in [0, 0.1) is 0 Å². The average Bonchev–Trinajstić information content (AvgIpc) is 2.77. The van der Waals surface area contributed by atoms with Crippen LogP contribution in [-0.4, -0.2) is 16.7 Å². The summed E-state index contributed by atoms with van der Waals surface area (Å²) < 4.78 is 5.75. The van der Waals surface area contributed by atoms with E-state index in [1.54, 1.807) is 11.4 Å². The van der Waals surface area contributed by atoms with Crippen LogP contribution >= 0.6 is 11.3 Å². The minimum Gasteiger partial charge on any atom is -0.488 e. The first kappa shape index (κ1) is 13.6. The molecule has 19 heavy (non-hydrogen) atoms. The van der Waals surface area contributed by atoms with Crippen molar-refractivity contribution in [1.82, 2.24) is 0 Å². The maximum Gasteiger partial charge on any atom is 0.336 e. The molecule has 1 aromatic heterocycles. The number of carboxylic acid groups (broad SMARTS) is 1. The van der Waals surface area contributed by atoms with Crippen LogP contribution in [0.2, 0.25) is 0 Å². The van der Waals surface area contributed by atoms with E-state index in [9.17, 15) is 4.79 Å². The molecule has 100 valence electrons. The van der Waals surface area contributed by atoms with Gasteiger partial charge in [-0.25, -0.2) is 4.79 Å². The zero-order chi connectivity index (χ0) is 14.0. The second kappa shape index (κ2) is 5.05. The van der Waals surface area contributed by atoms with Gasteiger partial charge in [0.15, 0.2) is 0 Å². The topological polar surface area (TPSA) is 46.5 Å². The fraction of sp³-hybridized carbons (Fsp3) is 0.267. The third kappa shape index (κ3) is 3.58. The number of hydrogen-bond donors (Lipinski definition) is 1. The Balaban J connectivity index is 2.20. The molecule has 0 spiro atoms. The van der Waals surface area contributed by atoms with E-state index >= 15 is 0 Å². The van der Waals surface area contributed by atoms with Gasteiger partial charge in [-0.05, 0) is 56.7 Å². The first-order valence-corrected chi connectivity index (χ1v) is 6.84. The summed E-state index contributed by atoms with van der Waals surface area (Å²) in [5.74, 6) is -0.0820. The molecule has 0 aliphatic carbocycles. The Labute approximate surface area is 116 Å². The molecule has 0 unspecified atom stereocenters. The number of rotatable bonds is 3. The van der Waals surface area contributed by atoms with Gasteiger partial charge < -0.3 is 9.84 Å². The molecule has 0 atom stereocenters. The van der Waals surface area contributed by atoms with Crippen molar-refractivity contribution in [2.45, 2.75) is 26.4 Å². The van der Waals surface area contributed by atoms with Crippen molar-refractivity contribution in [2.24, 2.45) is 0 Å². The van der Waals surface area contributed by atoms with Gasteiger partial charge in [0.1, 0.15) is 11.4 Å². The molecule has 0 aliphatic rings. The highest BCUT2D eigenvalue weighted by Crippen LogP contribution is 2.29. The maximum atomic E-state index is 10.8. The fourth-order valence-corrected chi connectivity index (χ4v) is 2.53. The van der Waals surface area contributed by atoms with Gasteiger partial charge in [-0.15, -0.1) is 11.3 Å².